The predicted molar refractivity (Wildman–Crippen MR) is 138 cm³/mol. The van der Waals surface area contributed by atoms with Gasteiger partial charge in [0.1, 0.15) is 17.9 Å². The van der Waals surface area contributed by atoms with Gasteiger partial charge in [-0.15, -0.1) is 0 Å². The van der Waals surface area contributed by atoms with Crippen LogP contribution in [0.4, 0.5) is 5.82 Å². The molecule has 13 nitrogen and oxygen atoms in total. The Kier molecular flexibility index (Phi) is 10.7. The number of hydrogen-bond acceptors (Lipinski definition) is 12. The number of aromatic nitrogens is 4. The molecule has 0 saturated carbocycles. The Morgan fingerprint density at radius 2 is 1.46 bits per heavy atom. The van der Waals surface area contributed by atoms with Crippen LogP contribution >= 0.6 is 0 Å². The normalized spacial score (nSPS) is 21.4. The number of esters is 3. The van der Waals surface area contributed by atoms with Crippen molar-refractivity contribution in [1.82, 2.24) is 19.5 Å². The number of carbonyl (C=O) groups excluding carboxylic acids is 4. The van der Waals surface area contributed by atoms with E-state index in [1.165, 1.54) is 17.2 Å². The molecule has 2 aromatic rings. The van der Waals surface area contributed by atoms with Crippen molar-refractivity contribution >= 4 is 40.7 Å². The van der Waals surface area contributed by atoms with Crippen molar-refractivity contribution < 1.29 is 38.1 Å². The van der Waals surface area contributed by atoms with Crippen molar-refractivity contribution in [1.29, 1.82) is 0 Å². The summed E-state index contributed by atoms with van der Waals surface area (Å²) in [6.45, 7) is 7.26. The highest BCUT2D eigenvalue weighted by molar-refractivity contribution is 5.86. The predicted octanol–water partition coefficient (Wildman–Crippen LogP) is 2.81. The molecule has 2 N–H and O–H groups in total. The number of carbonyl (C=O) groups is 4. The van der Waals surface area contributed by atoms with Gasteiger partial charge in [-0.1, -0.05) is 27.7 Å². The fourth-order valence-electron chi connectivity index (χ4n) is 4.39. The fraction of sp³-hybridized carbons (Fsp3) is 0.654. The summed E-state index contributed by atoms with van der Waals surface area (Å²) in [4.78, 5) is 63.7. The lowest BCUT2D eigenvalue weighted by Crippen LogP contribution is -2.48. The zero-order chi connectivity index (χ0) is 28.5. The third-order valence-corrected chi connectivity index (χ3v) is 6.15. The molecule has 214 valence electrons. The summed E-state index contributed by atoms with van der Waals surface area (Å²) < 4.78 is 25.0. The molecule has 39 heavy (non-hydrogen) atoms. The number of Topliss-reactive ketones (excluding diaryl/α,β-unsaturated/α-hetero) is 1. The van der Waals surface area contributed by atoms with Crippen LogP contribution in [0.5, 0.6) is 0 Å². The van der Waals surface area contributed by atoms with Crippen molar-refractivity contribution in [2.45, 2.75) is 110 Å². The van der Waals surface area contributed by atoms with Crippen LogP contribution in [0.25, 0.3) is 11.2 Å². The molecule has 3 rings (SSSR count). The molecule has 0 amide bonds. The topological polar surface area (TPSA) is 175 Å². The van der Waals surface area contributed by atoms with Gasteiger partial charge < -0.3 is 24.7 Å². The Morgan fingerprint density at radius 1 is 0.872 bits per heavy atom. The maximum Gasteiger partial charge on any atom is 0.306 e. The van der Waals surface area contributed by atoms with Gasteiger partial charge in [-0.2, -0.15) is 0 Å². The van der Waals surface area contributed by atoms with Crippen LogP contribution in [0.1, 0.15) is 85.3 Å². The third kappa shape index (κ3) is 7.08. The largest absolute Gasteiger partial charge is 0.455 e. The monoisotopic (exact) mass is 547 g/mol. The molecule has 1 saturated heterocycles. The first-order valence-electron chi connectivity index (χ1n) is 13.4. The van der Waals surface area contributed by atoms with Crippen LogP contribution in [-0.2, 0) is 38.1 Å². The van der Waals surface area contributed by atoms with Gasteiger partial charge in [0.2, 0.25) is 0 Å². The number of ketones is 1. The Labute approximate surface area is 226 Å². The highest BCUT2D eigenvalue weighted by Crippen LogP contribution is 2.39. The van der Waals surface area contributed by atoms with Gasteiger partial charge in [0.25, 0.3) is 0 Å². The van der Waals surface area contributed by atoms with E-state index in [0.29, 0.717) is 25.7 Å². The molecule has 0 bridgehead atoms. The molecule has 1 aliphatic rings. The summed E-state index contributed by atoms with van der Waals surface area (Å²) in [6, 6.07) is 0. The third-order valence-electron chi connectivity index (χ3n) is 6.15. The first-order valence-corrected chi connectivity index (χ1v) is 13.4. The number of fused-ring (bicyclic) bond motifs is 1. The van der Waals surface area contributed by atoms with Gasteiger partial charge in [0.15, 0.2) is 41.8 Å². The number of nitrogens with zero attached hydrogens (tertiary/aromatic N) is 4. The van der Waals surface area contributed by atoms with E-state index in [9.17, 15) is 19.2 Å². The van der Waals surface area contributed by atoms with Gasteiger partial charge in [0, 0.05) is 25.7 Å². The second-order valence-electron chi connectivity index (χ2n) is 9.36. The lowest BCUT2D eigenvalue weighted by atomic mass is 9.99. The Hall–Kier alpha value is -3.61. The van der Waals surface area contributed by atoms with Crippen molar-refractivity contribution in [3.05, 3.63) is 12.7 Å². The summed E-state index contributed by atoms with van der Waals surface area (Å²) in [6.07, 6.45) is -1.19. The Balaban J connectivity index is 2.12. The highest BCUT2D eigenvalue weighted by Gasteiger charge is 2.56. The van der Waals surface area contributed by atoms with Crippen molar-refractivity contribution in [3.63, 3.8) is 0 Å². The lowest BCUT2D eigenvalue weighted by molar-refractivity contribution is -0.176. The summed E-state index contributed by atoms with van der Waals surface area (Å²) in [5.41, 5.74) is 6.52. The molecule has 0 aliphatic carbocycles. The molecule has 5 atom stereocenters. The summed E-state index contributed by atoms with van der Waals surface area (Å²) in [5, 5.41) is 0. The van der Waals surface area contributed by atoms with E-state index < -0.39 is 54.3 Å². The molecular weight excluding hydrogens is 510 g/mol. The smallest absolute Gasteiger partial charge is 0.306 e. The molecule has 0 radical (unpaired) electrons. The van der Waals surface area contributed by atoms with Crippen LogP contribution in [0.2, 0.25) is 0 Å². The second kappa shape index (κ2) is 14.0. The van der Waals surface area contributed by atoms with Gasteiger partial charge in [-0.3, -0.25) is 23.7 Å². The average Bonchev–Trinajstić information content (AvgIpc) is 3.46. The molecular formula is C26H37N5O8. The lowest BCUT2D eigenvalue weighted by Gasteiger charge is -2.28. The molecule has 0 spiro atoms. The van der Waals surface area contributed by atoms with Gasteiger partial charge in [-0.25, -0.2) is 15.0 Å². The van der Waals surface area contributed by atoms with Crippen LogP contribution in [0.15, 0.2) is 12.7 Å². The Morgan fingerprint density at radius 3 is 2.08 bits per heavy atom. The maximum absolute atomic E-state index is 13.2. The molecule has 0 aromatic carbocycles. The van der Waals surface area contributed by atoms with E-state index in [4.69, 9.17) is 24.7 Å². The number of imidazole rings is 1. The first-order chi connectivity index (χ1) is 18.7. The highest BCUT2D eigenvalue weighted by atomic mass is 16.7. The molecule has 1 unspecified atom stereocenters. The number of anilines is 1. The van der Waals surface area contributed by atoms with Crippen LogP contribution in [-0.4, -0.2) is 67.6 Å². The van der Waals surface area contributed by atoms with Crippen molar-refractivity contribution in [2.24, 2.45) is 0 Å². The average molecular weight is 548 g/mol. The quantitative estimate of drug-likeness (QED) is 0.271. The first kappa shape index (κ1) is 29.9. The minimum absolute atomic E-state index is 0.0869. The molecule has 2 aromatic heterocycles. The second-order valence-corrected chi connectivity index (χ2v) is 9.36. The SMILES string of the molecule is CCCC(=O)OC(C(=O)CCC)[C@H]1O[C@@H](n2cnc3c(N)ncnc32)[C@H](OC(=O)CCC)[C@@H]1OC(=O)CCC. The number of nitrogen functional groups attached to an aromatic ring is 1. The van der Waals surface area contributed by atoms with E-state index in [0.717, 1.165) is 0 Å². The minimum Gasteiger partial charge on any atom is -0.455 e. The van der Waals surface area contributed by atoms with E-state index in [-0.39, 0.29) is 42.7 Å². The minimum atomic E-state index is -1.39. The summed E-state index contributed by atoms with van der Waals surface area (Å²) >= 11 is 0. The Bertz CT molecular complexity index is 1170. The number of nitrogens with two attached hydrogens (primary N) is 1. The zero-order valence-electron chi connectivity index (χ0n) is 22.8. The van der Waals surface area contributed by atoms with Crippen LogP contribution in [0, 0.1) is 0 Å². The molecule has 3 heterocycles. The summed E-state index contributed by atoms with van der Waals surface area (Å²) in [7, 11) is 0. The van der Waals surface area contributed by atoms with E-state index in [1.807, 2.05) is 27.7 Å². The van der Waals surface area contributed by atoms with E-state index in [2.05, 4.69) is 15.0 Å². The van der Waals surface area contributed by atoms with Crippen molar-refractivity contribution in [2.75, 3.05) is 5.73 Å². The molecule has 1 aliphatic heterocycles. The van der Waals surface area contributed by atoms with Gasteiger partial charge in [0.05, 0.1) is 6.33 Å². The fourth-order valence-corrected chi connectivity index (χ4v) is 4.39. The zero-order valence-corrected chi connectivity index (χ0v) is 22.8. The van der Waals surface area contributed by atoms with E-state index >= 15 is 0 Å². The maximum atomic E-state index is 13.2. The number of hydrogen-bond donors (Lipinski definition) is 1. The van der Waals surface area contributed by atoms with Gasteiger partial charge in [-0.05, 0) is 25.7 Å². The van der Waals surface area contributed by atoms with E-state index in [1.54, 1.807) is 0 Å². The van der Waals surface area contributed by atoms with Crippen molar-refractivity contribution in [3.8, 4) is 0 Å². The number of ether oxygens (including phenoxy) is 4. The van der Waals surface area contributed by atoms with Crippen LogP contribution in [0.3, 0.4) is 0 Å². The standard InChI is InChI=1S/C26H37N5O8/c1-5-9-15(32)20(36-16(33)10-6-2)21-22(37-17(34)11-7-3)23(38-18(35)12-8-4)26(39-21)31-14-30-19-24(27)28-13-29-25(19)31/h13-14,20-23,26H,5-12H2,1-4H3,(H2,27,28,29)/t20?,21-,22-,23-,26-/m1/s1. The van der Waals surface area contributed by atoms with Gasteiger partial charge >= 0.3 is 17.9 Å². The number of rotatable bonds is 14. The van der Waals surface area contributed by atoms with Crippen LogP contribution < -0.4 is 5.73 Å². The molecule has 13 heteroatoms. The summed E-state index contributed by atoms with van der Waals surface area (Å²) in [5.74, 6) is -1.98. The molecule has 1 fully saturated rings.